The highest BCUT2D eigenvalue weighted by Gasteiger charge is 2.27. The summed E-state index contributed by atoms with van der Waals surface area (Å²) in [5, 5.41) is 8.94. The summed E-state index contributed by atoms with van der Waals surface area (Å²) >= 11 is -2.27. The molecule has 0 heterocycles. The lowest BCUT2D eigenvalue weighted by Crippen LogP contribution is -2.43. The lowest BCUT2D eigenvalue weighted by atomic mass is 9.91. The van der Waals surface area contributed by atoms with Crippen LogP contribution < -0.4 is 4.72 Å². The van der Waals surface area contributed by atoms with Crippen LogP contribution in [0.1, 0.15) is 39.5 Å². The molecule has 0 aromatic rings. The number of aliphatic carboxylic acids is 1. The van der Waals surface area contributed by atoms with Crippen molar-refractivity contribution < 1.29 is 18.7 Å². The molecule has 2 atom stereocenters. The van der Waals surface area contributed by atoms with Gasteiger partial charge in [-0.3, -0.25) is 9.35 Å². The van der Waals surface area contributed by atoms with Gasteiger partial charge in [-0.2, -0.15) is 4.72 Å². The summed E-state index contributed by atoms with van der Waals surface area (Å²) in [6.45, 7) is 3.94. The van der Waals surface area contributed by atoms with Crippen molar-refractivity contribution in [3.8, 4) is 0 Å². The van der Waals surface area contributed by atoms with Gasteiger partial charge in [-0.25, -0.2) is 4.21 Å². The Morgan fingerprint density at radius 3 is 2.07 bits per heavy atom. The van der Waals surface area contributed by atoms with Gasteiger partial charge in [0, 0.05) is 0 Å². The molecule has 0 bridgehead atoms. The molecule has 90 valence electrons. The van der Waals surface area contributed by atoms with Crippen LogP contribution in [0.25, 0.3) is 0 Å². The van der Waals surface area contributed by atoms with Gasteiger partial charge >= 0.3 is 5.97 Å². The van der Waals surface area contributed by atoms with E-state index >= 15 is 0 Å². The molecule has 6 heteroatoms. The van der Waals surface area contributed by atoms with Gasteiger partial charge in [-0.05, 0) is 18.8 Å². The second kappa shape index (κ2) is 7.78. The lowest BCUT2D eigenvalue weighted by molar-refractivity contribution is -0.140. The number of carboxylic acid groups (broad SMARTS) is 1. The van der Waals surface area contributed by atoms with Gasteiger partial charge in [0.1, 0.15) is 6.04 Å². The fourth-order valence-corrected chi connectivity index (χ4v) is 2.19. The monoisotopic (exact) mass is 237 g/mol. The van der Waals surface area contributed by atoms with Crippen molar-refractivity contribution in [2.75, 3.05) is 0 Å². The zero-order valence-corrected chi connectivity index (χ0v) is 9.92. The fourth-order valence-electron chi connectivity index (χ4n) is 1.68. The minimum absolute atomic E-state index is 0.0893. The first-order valence-electron chi connectivity index (χ1n) is 5.12. The van der Waals surface area contributed by atoms with Crippen molar-refractivity contribution in [1.29, 1.82) is 0 Å². The molecule has 1 unspecified atom stereocenters. The maximum atomic E-state index is 10.9. The molecule has 0 aromatic carbocycles. The number of hydrogen-bond donors (Lipinski definition) is 3. The molecule has 0 radical (unpaired) electrons. The van der Waals surface area contributed by atoms with E-state index in [-0.39, 0.29) is 5.92 Å². The van der Waals surface area contributed by atoms with Crippen molar-refractivity contribution in [3.63, 3.8) is 0 Å². The molecule has 3 N–H and O–H groups in total. The average molecular weight is 237 g/mol. The molecule has 0 aliphatic heterocycles. The highest BCUT2D eigenvalue weighted by Crippen LogP contribution is 2.18. The molecule has 0 aliphatic rings. The predicted octanol–water partition coefficient (Wildman–Crippen LogP) is 1.38. The quantitative estimate of drug-likeness (QED) is 0.557. The Kier molecular flexibility index (Phi) is 7.54. The van der Waals surface area contributed by atoms with Crippen molar-refractivity contribution in [2.45, 2.75) is 45.6 Å². The number of rotatable bonds is 8. The summed E-state index contributed by atoms with van der Waals surface area (Å²) in [4.78, 5) is 10.9. The molecule has 0 fully saturated rings. The van der Waals surface area contributed by atoms with Crippen LogP contribution in [0, 0.1) is 5.92 Å². The van der Waals surface area contributed by atoms with E-state index in [9.17, 15) is 9.00 Å². The first-order chi connectivity index (χ1) is 7.02. The standard InChI is InChI=1S/C9H19NO4S/c1-3-5-7(6-4-2)8(9(11)12)10-15(13)14/h7-8,10H,3-6H2,1-2H3,(H,11,12)(H,13,14)/t8-/m0/s1. The van der Waals surface area contributed by atoms with Crippen molar-refractivity contribution in [3.05, 3.63) is 0 Å². The first kappa shape index (κ1) is 14.5. The molecule has 0 amide bonds. The highest BCUT2D eigenvalue weighted by molar-refractivity contribution is 7.77. The minimum Gasteiger partial charge on any atom is -0.480 e. The first-order valence-corrected chi connectivity index (χ1v) is 6.23. The smallest absolute Gasteiger partial charge is 0.322 e. The summed E-state index contributed by atoms with van der Waals surface area (Å²) in [6, 6.07) is -0.935. The van der Waals surface area contributed by atoms with Crippen molar-refractivity contribution in [2.24, 2.45) is 5.92 Å². The van der Waals surface area contributed by atoms with Crippen molar-refractivity contribution in [1.82, 2.24) is 4.72 Å². The average Bonchev–Trinajstić information content (AvgIpc) is 2.13. The Morgan fingerprint density at radius 2 is 1.80 bits per heavy atom. The van der Waals surface area contributed by atoms with E-state index in [4.69, 9.17) is 9.66 Å². The van der Waals surface area contributed by atoms with Gasteiger partial charge in [0.25, 0.3) is 0 Å². The minimum atomic E-state index is -2.27. The topological polar surface area (TPSA) is 86.6 Å². The highest BCUT2D eigenvalue weighted by atomic mass is 32.2. The number of nitrogens with one attached hydrogen (secondary N) is 1. The van der Waals surface area contributed by atoms with Crippen LogP contribution >= 0.6 is 0 Å². The molecule has 5 nitrogen and oxygen atoms in total. The van der Waals surface area contributed by atoms with Gasteiger partial charge in [0.05, 0.1) is 0 Å². The molecule has 15 heavy (non-hydrogen) atoms. The van der Waals surface area contributed by atoms with E-state index in [1.54, 1.807) is 0 Å². The van der Waals surface area contributed by atoms with Gasteiger partial charge in [-0.15, -0.1) is 0 Å². The zero-order chi connectivity index (χ0) is 11.8. The van der Waals surface area contributed by atoms with E-state index in [0.29, 0.717) is 0 Å². The molecule has 0 rings (SSSR count). The maximum Gasteiger partial charge on any atom is 0.322 e. The van der Waals surface area contributed by atoms with Gasteiger partial charge in [-0.1, -0.05) is 26.7 Å². The Labute approximate surface area is 92.7 Å². The fraction of sp³-hybridized carbons (Fsp3) is 0.889. The van der Waals surface area contributed by atoms with Crippen LogP contribution in [-0.4, -0.2) is 25.9 Å². The molecular formula is C9H19NO4S. The van der Waals surface area contributed by atoms with Crippen molar-refractivity contribution >= 4 is 17.2 Å². The SMILES string of the molecule is CCCC(CCC)[C@H](NS(=O)O)C(=O)O. The largest absolute Gasteiger partial charge is 0.480 e. The summed E-state index contributed by atoms with van der Waals surface area (Å²) in [6.07, 6.45) is 3.23. The van der Waals surface area contributed by atoms with Crippen LogP contribution in [0.15, 0.2) is 0 Å². The van der Waals surface area contributed by atoms with Crippen LogP contribution in [0.4, 0.5) is 0 Å². The maximum absolute atomic E-state index is 10.9. The van der Waals surface area contributed by atoms with Crippen LogP contribution in [0.2, 0.25) is 0 Å². The van der Waals surface area contributed by atoms with Gasteiger partial charge < -0.3 is 5.11 Å². The van der Waals surface area contributed by atoms with E-state index in [2.05, 4.69) is 4.72 Å². The Bertz CT molecular complexity index is 216. The predicted molar refractivity (Wildman–Crippen MR) is 58.6 cm³/mol. The molecule has 0 spiro atoms. The molecule has 0 aliphatic carbocycles. The number of carboxylic acids is 1. The second-order valence-corrected chi connectivity index (χ2v) is 4.25. The van der Waals surface area contributed by atoms with Gasteiger partial charge in [0.2, 0.25) is 11.3 Å². The number of hydrogen-bond acceptors (Lipinski definition) is 2. The molecule has 0 saturated carbocycles. The Balaban J connectivity index is 4.50. The third-order valence-electron chi connectivity index (χ3n) is 2.28. The normalized spacial score (nSPS) is 15.2. The van der Waals surface area contributed by atoms with Gasteiger partial charge in [0.15, 0.2) is 0 Å². The van der Waals surface area contributed by atoms with E-state index in [1.165, 1.54) is 0 Å². The Morgan fingerprint density at radius 1 is 1.33 bits per heavy atom. The number of carbonyl (C=O) groups is 1. The van der Waals surface area contributed by atoms with E-state index < -0.39 is 23.3 Å². The zero-order valence-electron chi connectivity index (χ0n) is 9.10. The molecular weight excluding hydrogens is 218 g/mol. The lowest BCUT2D eigenvalue weighted by Gasteiger charge is -2.22. The summed E-state index contributed by atoms with van der Waals surface area (Å²) in [5.74, 6) is -1.15. The molecule has 0 saturated heterocycles. The van der Waals surface area contributed by atoms with Crippen LogP contribution in [-0.2, 0) is 16.1 Å². The van der Waals surface area contributed by atoms with Crippen LogP contribution in [0.5, 0.6) is 0 Å². The summed E-state index contributed by atoms with van der Waals surface area (Å²) in [7, 11) is 0. The summed E-state index contributed by atoms with van der Waals surface area (Å²) < 4.78 is 21.4. The van der Waals surface area contributed by atoms with E-state index in [1.807, 2.05) is 13.8 Å². The third kappa shape index (κ3) is 5.86. The van der Waals surface area contributed by atoms with E-state index in [0.717, 1.165) is 25.7 Å². The second-order valence-electron chi connectivity index (χ2n) is 3.52. The van der Waals surface area contributed by atoms with Crippen LogP contribution in [0.3, 0.4) is 0 Å². The third-order valence-corrected chi connectivity index (χ3v) is 2.74. The Hall–Kier alpha value is -0.460. The summed E-state index contributed by atoms with van der Waals surface area (Å²) in [5.41, 5.74) is 0. The molecule has 0 aromatic heterocycles.